The monoisotopic (exact) mass is 320 g/mol. The molecule has 1 aromatic rings. The number of carbonyl (C=O) groups excluding carboxylic acids is 2. The van der Waals surface area contributed by atoms with Crippen molar-refractivity contribution in [3.63, 3.8) is 0 Å². The maximum Gasteiger partial charge on any atom is 0.286 e. The van der Waals surface area contributed by atoms with Gasteiger partial charge in [0, 0.05) is 35.6 Å². The van der Waals surface area contributed by atoms with Crippen LogP contribution in [0.5, 0.6) is 0 Å². The number of amides is 2. The summed E-state index contributed by atoms with van der Waals surface area (Å²) >= 11 is 3.19. The van der Waals surface area contributed by atoms with Crippen LogP contribution in [0.15, 0.2) is 8.68 Å². The van der Waals surface area contributed by atoms with Crippen LogP contribution < -0.4 is 10.6 Å². The molecule has 0 spiro atoms. The second kappa shape index (κ2) is 7.71. The lowest BCUT2D eigenvalue weighted by Crippen LogP contribution is -2.26. The van der Waals surface area contributed by atoms with E-state index < -0.39 is 0 Å². The number of thioether (sulfide) groups is 2. The van der Waals surface area contributed by atoms with Crippen molar-refractivity contribution in [1.82, 2.24) is 20.8 Å². The first-order valence-electron chi connectivity index (χ1n) is 5.67. The van der Waals surface area contributed by atoms with Crippen LogP contribution in [-0.4, -0.2) is 32.8 Å². The number of hydrogen-bond acceptors (Lipinski definition) is 7. The molecule has 19 heavy (non-hydrogen) atoms. The van der Waals surface area contributed by atoms with Crippen LogP contribution in [0.2, 0.25) is 0 Å². The summed E-state index contributed by atoms with van der Waals surface area (Å²) in [6.45, 7) is 7.54. The summed E-state index contributed by atoms with van der Waals surface area (Å²) in [6, 6.07) is 0.164. The second-order valence-corrected chi connectivity index (χ2v) is 7.63. The van der Waals surface area contributed by atoms with E-state index in [2.05, 4.69) is 20.8 Å². The molecule has 1 rings (SSSR count). The molecular weight excluding hydrogens is 304 g/mol. The van der Waals surface area contributed by atoms with E-state index in [1.807, 2.05) is 27.7 Å². The van der Waals surface area contributed by atoms with E-state index in [4.69, 9.17) is 0 Å². The topological polar surface area (TPSA) is 84.0 Å². The Hall–Kier alpha value is -0.800. The molecule has 0 saturated heterocycles. The highest BCUT2D eigenvalue weighted by molar-refractivity contribution is 8.16. The smallest absolute Gasteiger partial charge is 0.286 e. The highest BCUT2D eigenvalue weighted by atomic mass is 32.2. The van der Waals surface area contributed by atoms with Gasteiger partial charge in [-0.05, 0) is 27.7 Å². The minimum Gasteiger partial charge on any atom is -0.344 e. The van der Waals surface area contributed by atoms with E-state index in [0.29, 0.717) is 8.68 Å². The third-order valence-electron chi connectivity index (χ3n) is 1.56. The lowest BCUT2D eigenvalue weighted by molar-refractivity contribution is 0.258. The minimum atomic E-state index is -0.172. The molecule has 1 heterocycles. The number of hydrogen-bond donors (Lipinski definition) is 2. The molecule has 0 bridgehead atoms. The van der Waals surface area contributed by atoms with E-state index in [1.54, 1.807) is 0 Å². The van der Waals surface area contributed by atoms with Gasteiger partial charge >= 0.3 is 0 Å². The third kappa shape index (κ3) is 6.79. The van der Waals surface area contributed by atoms with Gasteiger partial charge in [0.15, 0.2) is 8.68 Å². The Morgan fingerprint density at radius 3 is 1.63 bits per heavy atom. The predicted molar refractivity (Wildman–Crippen MR) is 79.0 cm³/mol. The Morgan fingerprint density at radius 2 is 1.32 bits per heavy atom. The van der Waals surface area contributed by atoms with Crippen molar-refractivity contribution in [3.8, 4) is 0 Å². The van der Waals surface area contributed by atoms with Gasteiger partial charge < -0.3 is 10.6 Å². The second-order valence-electron chi connectivity index (χ2n) is 4.21. The van der Waals surface area contributed by atoms with Gasteiger partial charge in [0.25, 0.3) is 10.5 Å². The molecule has 6 nitrogen and oxygen atoms in total. The number of rotatable bonds is 4. The van der Waals surface area contributed by atoms with Crippen LogP contribution in [0, 0.1) is 0 Å². The van der Waals surface area contributed by atoms with E-state index in [1.165, 1.54) is 11.3 Å². The van der Waals surface area contributed by atoms with Gasteiger partial charge in [0.2, 0.25) is 0 Å². The van der Waals surface area contributed by atoms with Crippen molar-refractivity contribution in [2.75, 3.05) is 0 Å². The zero-order valence-corrected chi connectivity index (χ0v) is 13.5. The SMILES string of the molecule is CC(C)NC(=O)Sc1nnc(SC(=O)NC(C)C)s1. The summed E-state index contributed by atoms with van der Waals surface area (Å²) < 4.78 is 1.05. The summed E-state index contributed by atoms with van der Waals surface area (Å²) in [7, 11) is 0. The molecule has 0 fully saturated rings. The van der Waals surface area contributed by atoms with E-state index in [9.17, 15) is 9.59 Å². The maximum atomic E-state index is 11.5. The quantitative estimate of drug-likeness (QED) is 0.830. The molecule has 0 aliphatic heterocycles. The summed E-state index contributed by atoms with van der Waals surface area (Å²) in [5.41, 5.74) is 0. The van der Waals surface area contributed by atoms with Crippen molar-refractivity contribution < 1.29 is 9.59 Å². The number of nitrogens with one attached hydrogen (secondary N) is 2. The summed E-state index contributed by atoms with van der Waals surface area (Å²) in [6.07, 6.45) is 0. The molecule has 0 radical (unpaired) electrons. The van der Waals surface area contributed by atoms with Crippen LogP contribution in [0.25, 0.3) is 0 Å². The van der Waals surface area contributed by atoms with Crippen LogP contribution in [0.4, 0.5) is 9.59 Å². The number of carbonyl (C=O) groups is 2. The molecule has 2 N–H and O–H groups in total. The highest BCUT2D eigenvalue weighted by Gasteiger charge is 2.14. The largest absolute Gasteiger partial charge is 0.344 e. The van der Waals surface area contributed by atoms with Gasteiger partial charge in [-0.3, -0.25) is 9.59 Å². The Kier molecular flexibility index (Phi) is 6.59. The lowest BCUT2D eigenvalue weighted by atomic mass is 10.4. The van der Waals surface area contributed by atoms with E-state index in [-0.39, 0.29) is 22.6 Å². The van der Waals surface area contributed by atoms with E-state index >= 15 is 0 Å². The summed E-state index contributed by atoms with van der Waals surface area (Å²) in [5.74, 6) is 0. The van der Waals surface area contributed by atoms with Gasteiger partial charge in [0.1, 0.15) is 0 Å². The summed E-state index contributed by atoms with van der Waals surface area (Å²) in [5, 5.41) is 12.9. The molecule has 0 aliphatic carbocycles. The Morgan fingerprint density at radius 1 is 0.947 bits per heavy atom. The van der Waals surface area contributed by atoms with Crippen molar-refractivity contribution in [3.05, 3.63) is 0 Å². The molecule has 0 atom stereocenters. The fraction of sp³-hybridized carbons (Fsp3) is 0.600. The standard InChI is InChI=1S/C10H16N4O2S3/c1-5(2)11-7(15)17-9-13-14-10(19-9)18-8(16)12-6(3)4/h5-6H,1-4H3,(H,11,15)(H,12,16). The Balaban J connectivity index is 2.48. The third-order valence-corrected chi connectivity index (χ3v) is 4.19. The van der Waals surface area contributed by atoms with Crippen molar-refractivity contribution in [2.24, 2.45) is 0 Å². The van der Waals surface area contributed by atoms with Crippen molar-refractivity contribution in [2.45, 2.75) is 48.5 Å². The molecule has 2 amide bonds. The van der Waals surface area contributed by atoms with Crippen LogP contribution in [0.1, 0.15) is 27.7 Å². The molecule has 106 valence electrons. The molecule has 9 heteroatoms. The van der Waals surface area contributed by atoms with Crippen LogP contribution >= 0.6 is 34.9 Å². The molecule has 0 aromatic carbocycles. The summed E-state index contributed by atoms with van der Waals surface area (Å²) in [4.78, 5) is 23.0. The maximum absolute atomic E-state index is 11.5. The normalized spacial score (nSPS) is 10.8. The highest BCUT2D eigenvalue weighted by Crippen LogP contribution is 2.29. The average Bonchev–Trinajstić information content (AvgIpc) is 2.62. The van der Waals surface area contributed by atoms with Crippen molar-refractivity contribution in [1.29, 1.82) is 0 Å². The molecule has 0 aliphatic rings. The fourth-order valence-corrected chi connectivity index (χ4v) is 3.77. The Bertz CT molecular complexity index is 409. The first-order chi connectivity index (χ1) is 8.86. The zero-order chi connectivity index (χ0) is 14.4. The predicted octanol–water partition coefficient (Wildman–Crippen LogP) is 2.96. The van der Waals surface area contributed by atoms with Crippen LogP contribution in [-0.2, 0) is 0 Å². The van der Waals surface area contributed by atoms with Gasteiger partial charge in [-0.2, -0.15) is 0 Å². The zero-order valence-electron chi connectivity index (χ0n) is 11.1. The van der Waals surface area contributed by atoms with Gasteiger partial charge in [-0.15, -0.1) is 10.2 Å². The first kappa shape index (κ1) is 16.3. The van der Waals surface area contributed by atoms with Gasteiger partial charge in [-0.25, -0.2) is 0 Å². The van der Waals surface area contributed by atoms with Crippen LogP contribution in [0.3, 0.4) is 0 Å². The average molecular weight is 320 g/mol. The van der Waals surface area contributed by atoms with E-state index in [0.717, 1.165) is 23.5 Å². The van der Waals surface area contributed by atoms with Gasteiger partial charge in [0.05, 0.1) is 0 Å². The number of nitrogens with zero attached hydrogens (tertiary/aromatic N) is 2. The fourth-order valence-electron chi connectivity index (χ4n) is 0.969. The molecular formula is C10H16N4O2S3. The number of aromatic nitrogens is 2. The molecule has 1 aromatic heterocycles. The lowest BCUT2D eigenvalue weighted by Gasteiger charge is -2.05. The molecule has 0 unspecified atom stereocenters. The molecule has 0 saturated carbocycles. The minimum absolute atomic E-state index is 0.0820. The Labute approximate surface area is 124 Å². The van der Waals surface area contributed by atoms with Gasteiger partial charge in [-0.1, -0.05) is 11.3 Å². The first-order valence-corrected chi connectivity index (χ1v) is 8.12. The van der Waals surface area contributed by atoms with Crippen molar-refractivity contribution >= 4 is 45.3 Å².